The van der Waals surface area contributed by atoms with E-state index < -0.39 is 5.41 Å². The Balaban J connectivity index is 1.16. The number of fused-ring (bicyclic) bond motifs is 10. The number of hydrogen-bond acceptors (Lipinski definition) is 4. The zero-order valence-electron chi connectivity index (χ0n) is 29.4. The molecule has 2 aliphatic carbocycles. The summed E-state index contributed by atoms with van der Waals surface area (Å²) < 4.78 is 6.91. The van der Waals surface area contributed by atoms with Gasteiger partial charge in [0.25, 0.3) is 0 Å². The SMILES string of the molecule is C1=CC(c2nc(-c3ccccc3)nc(-c3c(-c4ccc5c(c4)Oc4ccccc4C54c5ccccc5-c5ccccc54)ccc4ccccc34)n2)=CCC1. The van der Waals surface area contributed by atoms with Crippen molar-refractivity contribution in [1.82, 2.24) is 15.0 Å². The molecule has 0 amide bonds. The van der Waals surface area contributed by atoms with Crippen LogP contribution in [0.3, 0.4) is 0 Å². The molecule has 4 heteroatoms. The first kappa shape index (κ1) is 30.7. The number of ether oxygens (including phenoxy) is 1. The monoisotopic (exact) mass is 691 g/mol. The smallest absolute Gasteiger partial charge is 0.165 e. The van der Waals surface area contributed by atoms with Crippen LogP contribution in [0.15, 0.2) is 176 Å². The first-order valence-corrected chi connectivity index (χ1v) is 18.6. The van der Waals surface area contributed by atoms with Crippen LogP contribution in [-0.2, 0) is 5.41 Å². The van der Waals surface area contributed by atoms with Crippen LogP contribution in [0.1, 0.15) is 40.9 Å². The molecule has 0 atom stereocenters. The molecule has 1 aliphatic heterocycles. The van der Waals surface area contributed by atoms with Crippen LogP contribution in [0.25, 0.3) is 61.4 Å². The van der Waals surface area contributed by atoms with Crippen molar-refractivity contribution in [3.05, 3.63) is 204 Å². The molecule has 0 saturated heterocycles. The zero-order valence-corrected chi connectivity index (χ0v) is 29.4. The van der Waals surface area contributed by atoms with Crippen molar-refractivity contribution < 1.29 is 4.74 Å². The number of para-hydroxylation sites is 1. The van der Waals surface area contributed by atoms with Gasteiger partial charge in [0.15, 0.2) is 17.5 Å². The normalized spacial score (nSPS) is 14.5. The second kappa shape index (κ2) is 12.1. The molecule has 1 aromatic heterocycles. The summed E-state index contributed by atoms with van der Waals surface area (Å²) >= 11 is 0. The van der Waals surface area contributed by atoms with Gasteiger partial charge in [-0.05, 0) is 69.1 Å². The molecular weight excluding hydrogens is 659 g/mol. The molecule has 1 spiro atoms. The van der Waals surface area contributed by atoms with Gasteiger partial charge >= 0.3 is 0 Å². The number of allylic oxidation sites excluding steroid dienone is 4. The van der Waals surface area contributed by atoms with Gasteiger partial charge in [-0.3, -0.25) is 0 Å². The fraction of sp³-hybridized carbons (Fsp3) is 0.0600. The van der Waals surface area contributed by atoms with Crippen molar-refractivity contribution in [1.29, 1.82) is 0 Å². The molecule has 7 aromatic carbocycles. The molecule has 3 aliphatic rings. The molecule has 8 aromatic rings. The van der Waals surface area contributed by atoms with E-state index in [0.717, 1.165) is 74.1 Å². The molecule has 0 radical (unpaired) electrons. The fourth-order valence-electron chi connectivity index (χ4n) is 8.89. The first-order valence-electron chi connectivity index (χ1n) is 18.6. The maximum atomic E-state index is 6.91. The van der Waals surface area contributed by atoms with E-state index in [-0.39, 0.29) is 0 Å². The number of nitrogens with zero attached hydrogens (tertiary/aromatic N) is 3. The summed E-state index contributed by atoms with van der Waals surface area (Å²) in [5, 5.41) is 2.20. The third kappa shape index (κ3) is 4.53. The zero-order chi connectivity index (χ0) is 35.6. The van der Waals surface area contributed by atoms with Gasteiger partial charge in [-0.15, -0.1) is 0 Å². The van der Waals surface area contributed by atoms with Crippen LogP contribution in [0.2, 0.25) is 0 Å². The van der Waals surface area contributed by atoms with Crippen molar-refractivity contribution in [2.45, 2.75) is 18.3 Å². The van der Waals surface area contributed by atoms with Gasteiger partial charge in [-0.25, -0.2) is 15.0 Å². The van der Waals surface area contributed by atoms with E-state index in [4.69, 9.17) is 19.7 Å². The van der Waals surface area contributed by atoms with Gasteiger partial charge in [0, 0.05) is 27.8 Å². The molecule has 0 N–H and O–H groups in total. The number of hydrogen-bond donors (Lipinski definition) is 0. The molecule has 0 saturated carbocycles. The van der Waals surface area contributed by atoms with Gasteiger partial charge in [-0.1, -0.05) is 164 Å². The molecule has 0 fully saturated rings. The lowest BCUT2D eigenvalue weighted by Gasteiger charge is -2.39. The second-order valence-electron chi connectivity index (χ2n) is 14.2. The Morgan fingerprint density at radius 3 is 1.93 bits per heavy atom. The summed E-state index contributed by atoms with van der Waals surface area (Å²) in [7, 11) is 0. The standard InChI is InChI=1S/C50H33N3O/c1-3-16-33(17-4-1)47-51-48(34-18-5-2-6-19-34)53-49(52-47)46-36-20-8-7-15-32(36)27-29-37(46)35-28-30-43-45(31-35)54-44-26-14-13-25-42(44)50(43)40-23-11-9-21-38(40)39-22-10-12-24-41(39)50/h1,3-5,7-31H,2,6H2. The lowest BCUT2D eigenvalue weighted by Crippen LogP contribution is -2.32. The maximum absolute atomic E-state index is 6.91. The molecular formula is C50H33N3O. The second-order valence-corrected chi connectivity index (χ2v) is 14.2. The molecule has 254 valence electrons. The summed E-state index contributed by atoms with van der Waals surface area (Å²) in [6.07, 6.45) is 8.54. The van der Waals surface area contributed by atoms with E-state index in [0.29, 0.717) is 17.5 Å². The van der Waals surface area contributed by atoms with Crippen LogP contribution >= 0.6 is 0 Å². The van der Waals surface area contributed by atoms with Gasteiger partial charge in [-0.2, -0.15) is 0 Å². The van der Waals surface area contributed by atoms with Crippen molar-refractivity contribution >= 4 is 16.3 Å². The van der Waals surface area contributed by atoms with Crippen LogP contribution < -0.4 is 4.74 Å². The van der Waals surface area contributed by atoms with Gasteiger partial charge in [0.05, 0.1) is 5.41 Å². The molecule has 0 unspecified atom stereocenters. The molecule has 11 rings (SSSR count). The van der Waals surface area contributed by atoms with E-state index >= 15 is 0 Å². The van der Waals surface area contributed by atoms with Gasteiger partial charge in [0.1, 0.15) is 11.5 Å². The van der Waals surface area contributed by atoms with Crippen molar-refractivity contribution in [2.75, 3.05) is 0 Å². The Labute approximate surface area is 313 Å². The predicted molar refractivity (Wildman–Crippen MR) is 217 cm³/mol. The Bertz CT molecular complexity index is 2820. The number of rotatable bonds is 4. The summed E-state index contributed by atoms with van der Waals surface area (Å²) in [4.78, 5) is 15.5. The number of benzene rings is 7. The topological polar surface area (TPSA) is 47.9 Å². The summed E-state index contributed by atoms with van der Waals surface area (Å²) in [5.41, 5.74) is 11.9. The minimum Gasteiger partial charge on any atom is -0.457 e. The third-order valence-electron chi connectivity index (χ3n) is 11.2. The average molecular weight is 692 g/mol. The minimum absolute atomic E-state index is 0.517. The molecule has 4 nitrogen and oxygen atoms in total. The van der Waals surface area contributed by atoms with Crippen molar-refractivity contribution in [3.63, 3.8) is 0 Å². The van der Waals surface area contributed by atoms with Gasteiger partial charge < -0.3 is 4.74 Å². The predicted octanol–water partition coefficient (Wildman–Crippen LogP) is 12.2. The molecule has 0 bridgehead atoms. The lowest BCUT2D eigenvalue weighted by atomic mass is 9.66. The average Bonchev–Trinajstić information content (AvgIpc) is 3.54. The van der Waals surface area contributed by atoms with Crippen LogP contribution in [0, 0.1) is 0 Å². The van der Waals surface area contributed by atoms with E-state index in [2.05, 4.69) is 158 Å². The van der Waals surface area contributed by atoms with Crippen molar-refractivity contribution in [3.8, 4) is 56.5 Å². The van der Waals surface area contributed by atoms with E-state index in [1.54, 1.807) is 0 Å². The Morgan fingerprint density at radius 1 is 0.463 bits per heavy atom. The van der Waals surface area contributed by atoms with E-state index in [1.807, 2.05) is 18.2 Å². The van der Waals surface area contributed by atoms with Crippen LogP contribution in [0.4, 0.5) is 0 Å². The van der Waals surface area contributed by atoms with Crippen molar-refractivity contribution in [2.24, 2.45) is 0 Å². The highest BCUT2D eigenvalue weighted by molar-refractivity contribution is 6.03. The minimum atomic E-state index is -0.517. The highest BCUT2D eigenvalue weighted by atomic mass is 16.5. The van der Waals surface area contributed by atoms with Crippen LogP contribution in [0.5, 0.6) is 11.5 Å². The van der Waals surface area contributed by atoms with E-state index in [1.165, 1.54) is 22.3 Å². The maximum Gasteiger partial charge on any atom is 0.165 e. The number of aromatic nitrogens is 3. The summed E-state index contributed by atoms with van der Waals surface area (Å²) in [6.45, 7) is 0. The van der Waals surface area contributed by atoms with E-state index in [9.17, 15) is 0 Å². The summed E-state index contributed by atoms with van der Waals surface area (Å²) in [5.74, 6) is 3.69. The highest BCUT2D eigenvalue weighted by Gasteiger charge is 2.50. The Kier molecular flexibility index (Phi) is 6.86. The third-order valence-corrected chi connectivity index (χ3v) is 11.2. The molecule has 2 heterocycles. The fourth-order valence-corrected chi connectivity index (χ4v) is 8.89. The first-order chi connectivity index (χ1) is 26.8. The largest absolute Gasteiger partial charge is 0.457 e. The van der Waals surface area contributed by atoms with Gasteiger partial charge in [0.2, 0.25) is 0 Å². The molecule has 54 heavy (non-hydrogen) atoms. The lowest BCUT2D eigenvalue weighted by molar-refractivity contribution is 0.436. The van der Waals surface area contributed by atoms with Crippen LogP contribution in [-0.4, -0.2) is 15.0 Å². The summed E-state index contributed by atoms with van der Waals surface area (Å²) in [6, 6.07) is 56.1. The quantitative estimate of drug-likeness (QED) is 0.184. The highest BCUT2D eigenvalue weighted by Crippen LogP contribution is 2.62. The Morgan fingerprint density at radius 2 is 1.13 bits per heavy atom. The Hall–Kier alpha value is -6.91.